The van der Waals surface area contributed by atoms with Crippen LogP contribution in [0.25, 0.3) is 0 Å². The predicted molar refractivity (Wildman–Crippen MR) is 74.8 cm³/mol. The van der Waals surface area contributed by atoms with Gasteiger partial charge in [-0.1, -0.05) is 24.3 Å². The number of hydrogen-bond acceptors (Lipinski definition) is 3. The molecule has 0 saturated carbocycles. The summed E-state index contributed by atoms with van der Waals surface area (Å²) in [7, 11) is 0. The zero-order chi connectivity index (χ0) is 13.3. The summed E-state index contributed by atoms with van der Waals surface area (Å²) >= 11 is 0. The summed E-state index contributed by atoms with van der Waals surface area (Å²) in [5.41, 5.74) is 2.30. The van der Waals surface area contributed by atoms with Crippen LogP contribution in [0, 0.1) is 0 Å². The molecule has 3 heteroatoms. The second-order valence-electron chi connectivity index (χ2n) is 5.10. The smallest absolute Gasteiger partial charge is 0.157 e. The maximum Gasteiger partial charge on any atom is 0.157 e. The van der Waals surface area contributed by atoms with Crippen molar-refractivity contribution < 1.29 is 14.6 Å². The number of aryl methyl sites for hydroxylation is 1. The first kappa shape index (κ1) is 14.5. The van der Waals surface area contributed by atoms with Crippen LogP contribution in [0.3, 0.4) is 0 Å². The largest absolute Gasteiger partial charge is 0.392 e. The summed E-state index contributed by atoms with van der Waals surface area (Å²) in [5.74, 6) is 0. The Morgan fingerprint density at radius 3 is 2.58 bits per heavy atom. The number of aliphatic hydroxyl groups excluding tert-OH is 1. The van der Waals surface area contributed by atoms with Crippen LogP contribution in [-0.4, -0.2) is 24.6 Å². The molecule has 3 nitrogen and oxygen atoms in total. The molecule has 0 bridgehead atoms. The Hall–Kier alpha value is -0.900. The molecule has 19 heavy (non-hydrogen) atoms. The second kappa shape index (κ2) is 8.31. The van der Waals surface area contributed by atoms with E-state index in [2.05, 4.69) is 12.1 Å². The van der Waals surface area contributed by atoms with Crippen molar-refractivity contribution >= 4 is 0 Å². The lowest BCUT2D eigenvalue weighted by Gasteiger charge is -2.22. The van der Waals surface area contributed by atoms with Gasteiger partial charge in [0.15, 0.2) is 6.29 Å². The first-order valence-electron chi connectivity index (χ1n) is 7.30. The van der Waals surface area contributed by atoms with E-state index in [1.165, 1.54) is 18.4 Å². The van der Waals surface area contributed by atoms with Crippen LogP contribution in [-0.2, 0) is 22.5 Å². The van der Waals surface area contributed by atoms with E-state index in [4.69, 9.17) is 14.6 Å². The minimum absolute atomic E-state index is 0.0394. The summed E-state index contributed by atoms with van der Waals surface area (Å²) in [4.78, 5) is 0. The van der Waals surface area contributed by atoms with Gasteiger partial charge in [-0.3, -0.25) is 0 Å². The van der Waals surface area contributed by atoms with Gasteiger partial charge in [0, 0.05) is 13.2 Å². The SMILES string of the molecule is OCc1ccc(CCCCOC2CCCCO2)cc1. The Kier molecular flexibility index (Phi) is 6.34. The van der Waals surface area contributed by atoms with E-state index in [0.717, 1.165) is 44.5 Å². The van der Waals surface area contributed by atoms with Gasteiger partial charge < -0.3 is 14.6 Å². The molecule has 1 aromatic rings. The second-order valence-corrected chi connectivity index (χ2v) is 5.10. The molecule has 1 aromatic carbocycles. The maximum absolute atomic E-state index is 8.97. The van der Waals surface area contributed by atoms with Crippen molar-refractivity contribution in [3.05, 3.63) is 35.4 Å². The first-order valence-corrected chi connectivity index (χ1v) is 7.30. The molecule has 1 aliphatic rings. The average molecular weight is 264 g/mol. The highest BCUT2D eigenvalue weighted by Crippen LogP contribution is 2.14. The number of benzene rings is 1. The molecule has 0 aliphatic carbocycles. The highest BCUT2D eigenvalue weighted by Gasteiger charge is 2.13. The Labute approximate surface area is 115 Å². The number of hydrogen-bond donors (Lipinski definition) is 1. The monoisotopic (exact) mass is 264 g/mol. The van der Waals surface area contributed by atoms with Crippen molar-refractivity contribution in [1.82, 2.24) is 0 Å². The number of aliphatic hydroxyl groups is 1. The Bertz CT molecular complexity index is 342. The minimum Gasteiger partial charge on any atom is -0.392 e. The van der Waals surface area contributed by atoms with Crippen molar-refractivity contribution in [2.75, 3.05) is 13.2 Å². The molecule has 0 spiro atoms. The molecule has 1 heterocycles. The zero-order valence-corrected chi connectivity index (χ0v) is 11.5. The van der Waals surface area contributed by atoms with Crippen LogP contribution in [0.15, 0.2) is 24.3 Å². The molecule has 1 atom stereocenters. The van der Waals surface area contributed by atoms with Crippen LogP contribution in [0.5, 0.6) is 0 Å². The molecule has 2 rings (SSSR count). The fourth-order valence-electron chi connectivity index (χ4n) is 2.30. The molecule has 1 aliphatic heterocycles. The number of rotatable bonds is 7. The van der Waals surface area contributed by atoms with Gasteiger partial charge in [-0.25, -0.2) is 0 Å². The van der Waals surface area contributed by atoms with Gasteiger partial charge in [0.2, 0.25) is 0 Å². The standard InChI is InChI=1S/C16H24O3/c17-13-15-9-7-14(8-10-15)5-1-3-11-18-16-6-2-4-12-19-16/h7-10,16-17H,1-6,11-13H2. The number of ether oxygens (including phenoxy) is 2. The van der Waals surface area contributed by atoms with Crippen LogP contribution in [0.4, 0.5) is 0 Å². The maximum atomic E-state index is 8.97. The molecule has 0 aromatic heterocycles. The van der Waals surface area contributed by atoms with Crippen LogP contribution >= 0.6 is 0 Å². The van der Waals surface area contributed by atoms with E-state index in [9.17, 15) is 0 Å². The predicted octanol–water partition coefficient (Wildman–Crippen LogP) is 3.04. The van der Waals surface area contributed by atoms with E-state index in [1.54, 1.807) is 0 Å². The van der Waals surface area contributed by atoms with Gasteiger partial charge in [-0.05, 0) is 49.7 Å². The third-order valence-electron chi connectivity index (χ3n) is 3.51. The average Bonchev–Trinajstić information content (AvgIpc) is 2.49. The van der Waals surface area contributed by atoms with Gasteiger partial charge >= 0.3 is 0 Å². The fourth-order valence-corrected chi connectivity index (χ4v) is 2.30. The van der Waals surface area contributed by atoms with Gasteiger partial charge in [0.25, 0.3) is 0 Å². The molecule has 106 valence electrons. The summed E-state index contributed by atoms with van der Waals surface area (Å²) in [6.07, 6.45) is 6.75. The van der Waals surface area contributed by atoms with Gasteiger partial charge in [0.05, 0.1) is 6.61 Å². The minimum atomic E-state index is 0.0394. The molecule has 0 radical (unpaired) electrons. The quantitative estimate of drug-likeness (QED) is 0.769. The van der Waals surface area contributed by atoms with E-state index in [1.807, 2.05) is 12.1 Å². The molecular formula is C16H24O3. The van der Waals surface area contributed by atoms with E-state index in [0.29, 0.717) is 0 Å². The van der Waals surface area contributed by atoms with Crippen LogP contribution in [0.2, 0.25) is 0 Å². The fraction of sp³-hybridized carbons (Fsp3) is 0.625. The van der Waals surface area contributed by atoms with E-state index >= 15 is 0 Å². The summed E-state index contributed by atoms with van der Waals surface area (Å²) in [6.45, 7) is 1.76. The van der Waals surface area contributed by atoms with Crippen molar-refractivity contribution in [2.24, 2.45) is 0 Å². The third-order valence-corrected chi connectivity index (χ3v) is 3.51. The lowest BCUT2D eigenvalue weighted by Crippen LogP contribution is -2.22. The van der Waals surface area contributed by atoms with Crippen LogP contribution in [0.1, 0.15) is 43.2 Å². The van der Waals surface area contributed by atoms with Gasteiger partial charge in [-0.2, -0.15) is 0 Å². The molecule has 1 saturated heterocycles. The van der Waals surface area contributed by atoms with Crippen LogP contribution < -0.4 is 0 Å². The Balaban J connectivity index is 1.55. The van der Waals surface area contributed by atoms with Crippen molar-refractivity contribution in [2.45, 2.75) is 51.4 Å². The van der Waals surface area contributed by atoms with Gasteiger partial charge in [0.1, 0.15) is 0 Å². The topological polar surface area (TPSA) is 38.7 Å². The summed E-state index contributed by atoms with van der Waals surface area (Å²) in [5, 5.41) is 8.97. The molecular weight excluding hydrogens is 240 g/mol. The normalized spacial score (nSPS) is 19.5. The third kappa shape index (κ3) is 5.31. The summed E-state index contributed by atoms with van der Waals surface area (Å²) < 4.78 is 11.2. The Morgan fingerprint density at radius 2 is 1.89 bits per heavy atom. The van der Waals surface area contributed by atoms with E-state index < -0.39 is 0 Å². The highest BCUT2D eigenvalue weighted by atomic mass is 16.7. The van der Waals surface area contributed by atoms with Gasteiger partial charge in [-0.15, -0.1) is 0 Å². The molecule has 1 fully saturated rings. The van der Waals surface area contributed by atoms with Crippen molar-refractivity contribution in [3.63, 3.8) is 0 Å². The Morgan fingerprint density at radius 1 is 1.11 bits per heavy atom. The number of unbranched alkanes of at least 4 members (excludes halogenated alkanes) is 1. The summed E-state index contributed by atoms with van der Waals surface area (Å²) in [6, 6.07) is 8.16. The molecule has 0 amide bonds. The zero-order valence-electron chi connectivity index (χ0n) is 11.5. The molecule has 1 unspecified atom stereocenters. The van der Waals surface area contributed by atoms with Crippen molar-refractivity contribution in [3.8, 4) is 0 Å². The lowest BCUT2D eigenvalue weighted by molar-refractivity contribution is -0.162. The first-order chi connectivity index (χ1) is 9.38. The highest BCUT2D eigenvalue weighted by molar-refractivity contribution is 5.21. The lowest BCUT2D eigenvalue weighted by atomic mass is 10.1. The van der Waals surface area contributed by atoms with Crippen molar-refractivity contribution in [1.29, 1.82) is 0 Å². The van der Waals surface area contributed by atoms with E-state index in [-0.39, 0.29) is 12.9 Å². The molecule has 1 N–H and O–H groups in total.